The third kappa shape index (κ3) is 11.2. The first-order valence-electron chi connectivity index (χ1n) is 10.5. The molecule has 0 heterocycles. The number of carbonyl (C=O) groups excluding carboxylic acids is 3. The van der Waals surface area contributed by atoms with Gasteiger partial charge in [-0.3, -0.25) is 9.59 Å². The van der Waals surface area contributed by atoms with Crippen molar-refractivity contribution in [2.24, 2.45) is 0 Å². The first-order chi connectivity index (χ1) is 15.7. The summed E-state index contributed by atoms with van der Waals surface area (Å²) in [7, 11) is -3.35. The molecular formula is C23H29N3O6S. The number of nitrogens with one attached hydrogen (secondary N) is 3. The lowest BCUT2D eigenvalue weighted by molar-refractivity contribution is -0.123. The second-order valence-electron chi connectivity index (χ2n) is 7.48. The van der Waals surface area contributed by atoms with E-state index in [4.69, 9.17) is 4.74 Å². The summed E-state index contributed by atoms with van der Waals surface area (Å²) in [5.41, 5.74) is 1.72. The minimum Gasteiger partial charge on any atom is -0.445 e. The molecule has 10 heteroatoms. The zero-order chi connectivity index (χ0) is 24.1. The van der Waals surface area contributed by atoms with Crippen LogP contribution in [-0.4, -0.2) is 50.9 Å². The molecule has 178 valence electrons. The second kappa shape index (κ2) is 13.2. The van der Waals surface area contributed by atoms with Crippen LogP contribution in [0.4, 0.5) is 4.79 Å². The monoisotopic (exact) mass is 475 g/mol. The summed E-state index contributed by atoms with van der Waals surface area (Å²) in [6, 6.07) is 17.3. The summed E-state index contributed by atoms with van der Waals surface area (Å²) in [6.45, 7) is 0.420. The van der Waals surface area contributed by atoms with E-state index in [1.165, 1.54) is 0 Å². The van der Waals surface area contributed by atoms with Gasteiger partial charge >= 0.3 is 6.09 Å². The first-order valence-corrected chi connectivity index (χ1v) is 12.5. The smallest absolute Gasteiger partial charge is 0.408 e. The van der Waals surface area contributed by atoms with Crippen molar-refractivity contribution in [1.82, 2.24) is 16.0 Å². The number of rotatable bonds is 12. The molecule has 33 heavy (non-hydrogen) atoms. The van der Waals surface area contributed by atoms with E-state index in [2.05, 4.69) is 16.0 Å². The molecular weight excluding hydrogens is 446 g/mol. The van der Waals surface area contributed by atoms with Crippen molar-refractivity contribution in [2.45, 2.75) is 32.0 Å². The standard InChI is InChI=1S/C23H29N3O6S/c1-33(30,31)15-13-20(26-23(29)32-17-19-10-6-3-7-11-19)22(28)24-14-12-21(27)25-16-18-8-4-2-5-9-18/h2-11,20H,12-17H2,1H3,(H,24,28)(H,25,27)(H,26,29). The van der Waals surface area contributed by atoms with Gasteiger partial charge in [0.2, 0.25) is 11.8 Å². The molecule has 0 saturated carbocycles. The van der Waals surface area contributed by atoms with Crippen LogP contribution in [0, 0.1) is 0 Å². The number of hydrogen-bond donors (Lipinski definition) is 3. The highest BCUT2D eigenvalue weighted by molar-refractivity contribution is 7.90. The first kappa shape index (κ1) is 25.9. The Balaban J connectivity index is 1.80. The lowest BCUT2D eigenvalue weighted by Gasteiger charge is -2.18. The SMILES string of the molecule is CS(=O)(=O)CCC(NC(=O)OCc1ccccc1)C(=O)NCCC(=O)NCc1ccccc1. The zero-order valence-electron chi connectivity index (χ0n) is 18.5. The summed E-state index contributed by atoms with van der Waals surface area (Å²) in [4.78, 5) is 36.6. The Labute approximate surface area is 193 Å². The molecule has 0 radical (unpaired) electrons. The maximum Gasteiger partial charge on any atom is 0.408 e. The van der Waals surface area contributed by atoms with Gasteiger partial charge < -0.3 is 20.7 Å². The van der Waals surface area contributed by atoms with Crippen LogP contribution in [0.1, 0.15) is 24.0 Å². The normalized spacial score (nSPS) is 11.8. The average molecular weight is 476 g/mol. The summed E-state index contributed by atoms with van der Waals surface area (Å²) in [5, 5.41) is 7.72. The topological polar surface area (TPSA) is 131 Å². The third-order valence-corrected chi connectivity index (χ3v) is 5.56. The van der Waals surface area contributed by atoms with Gasteiger partial charge in [-0.25, -0.2) is 13.2 Å². The van der Waals surface area contributed by atoms with Gasteiger partial charge in [0.1, 0.15) is 22.5 Å². The molecule has 9 nitrogen and oxygen atoms in total. The average Bonchev–Trinajstić information content (AvgIpc) is 2.79. The number of alkyl carbamates (subject to hydrolysis) is 1. The van der Waals surface area contributed by atoms with Gasteiger partial charge in [0, 0.05) is 25.8 Å². The van der Waals surface area contributed by atoms with Crippen molar-refractivity contribution in [2.75, 3.05) is 18.6 Å². The molecule has 1 unspecified atom stereocenters. The van der Waals surface area contributed by atoms with E-state index < -0.39 is 27.9 Å². The van der Waals surface area contributed by atoms with Gasteiger partial charge in [-0.15, -0.1) is 0 Å². The molecule has 2 aromatic rings. The van der Waals surface area contributed by atoms with Crippen LogP contribution in [0.25, 0.3) is 0 Å². The molecule has 0 bridgehead atoms. The van der Waals surface area contributed by atoms with Gasteiger partial charge in [0.25, 0.3) is 0 Å². The lowest BCUT2D eigenvalue weighted by Crippen LogP contribution is -2.48. The van der Waals surface area contributed by atoms with Gasteiger partial charge in [0.15, 0.2) is 0 Å². The number of sulfone groups is 1. The molecule has 2 aromatic carbocycles. The maximum atomic E-state index is 12.5. The molecule has 0 fully saturated rings. The number of benzene rings is 2. The highest BCUT2D eigenvalue weighted by Crippen LogP contribution is 2.03. The van der Waals surface area contributed by atoms with Crippen molar-refractivity contribution in [3.8, 4) is 0 Å². The van der Waals surface area contributed by atoms with Crippen LogP contribution in [0.3, 0.4) is 0 Å². The molecule has 3 amide bonds. The van der Waals surface area contributed by atoms with Crippen molar-refractivity contribution in [3.05, 3.63) is 71.8 Å². The molecule has 0 spiro atoms. The van der Waals surface area contributed by atoms with Gasteiger partial charge in [-0.1, -0.05) is 60.7 Å². The fourth-order valence-electron chi connectivity index (χ4n) is 2.82. The fraction of sp³-hybridized carbons (Fsp3) is 0.348. The van der Waals surface area contributed by atoms with E-state index >= 15 is 0 Å². The molecule has 0 aliphatic carbocycles. The maximum absolute atomic E-state index is 12.5. The highest BCUT2D eigenvalue weighted by Gasteiger charge is 2.23. The third-order valence-electron chi connectivity index (χ3n) is 4.58. The van der Waals surface area contributed by atoms with E-state index in [-0.39, 0.29) is 37.7 Å². The van der Waals surface area contributed by atoms with Crippen LogP contribution in [0.2, 0.25) is 0 Å². The van der Waals surface area contributed by atoms with E-state index in [1.807, 2.05) is 36.4 Å². The Morgan fingerprint density at radius 1 is 0.909 bits per heavy atom. The van der Waals surface area contributed by atoms with Crippen LogP contribution in [0.5, 0.6) is 0 Å². The summed E-state index contributed by atoms with van der Waals surface area (Å²) in [6.07, 6.45) is 0.126. The number of amides is 3. The van der Waals surface area contributed by atoms with Crippen LogP contribution < -0.4 is 16.0 Å². The Morgan fingerprint density at radius 2 is 1.52 bits per heavy atom. The Bertz CT molecular complexity index is 1010. The Hall–Kier alpha value is -3.40. The lowest BCUT2D eigenvalue weighted by atomic mass is 10.2. The molecule has 1 atom stereocenters. The summed E-state index contributed by atoms with van der Waals surface area (Å²) < 4.78 is 28.2. The van der Waals surface area contributed by atoms with E-state index in [1.54, 1.807) is 24.3 Å². The van der Waals surface area contributed by atoms with E-state index in [0.29, 0.717) is 6.54 Å². The Morgan fingerprint density at radius 3 is 2.12 bits per heavy atom. The van der Waals surface area contributed by atoms with Crippen molar-refractivity contribution >= 4 is 27.7 Å². The van der Waals surface area contributed by atoms with Crippen LogP contribution in [-0.2, 0) is 37.3 Å². The van der Waals surface area contributed by atoms with Crippen LogP contribution >= 0.6 is 0 Å². The van der Waals surface area contributed by atoms with Crippen molar-refractivity contribution < 1.29 is 27.5 Å². The number of ether oxygens (including phenoxy) is 1. The van der Waals surface area contributed by atoms with E-state index in [9.17, 15) is 22.8 Å². The summed E-state index contributed by atoms with van der Waals surface area (Å²) in [5.74, 6) is -1.13. The predicted molar refractivity (Wildman–Crippen MR) is 124 cm³/mol. The van der Waals surface area contributed by atoms with Gasteiger partial charge in [-0.05, 0) is 17.5 Å². The molecule has 2 rings (SSSR count). The fourth-order valence-corrected chi connectivity index (χ4v) is 3.48. The number of carbonyl (C=O) groups is 3. The van der Waals surface area contributed by atoms with Gasteiger partial charge in [-0.2, -0.15) is 0 Å². The van der Waals surface area contributed by atoms with Crippen molar-refractivity contribution in [3.63, 3.8) is 0 Å². The minimum absolute atomic E-state index is 0.00861. The molecule has 0 aliphatic rings. The molecule has 3 N–H and O–H groups in total. The highest BCUT2D eigenvalue weighted by atomic mass is 32.2. The van der Waals surface area contributed by atoms with Crippen molar-refractivity contribution in [1.29, 1.82) is 0 Å². The van der Waals surface area contributed by atoms with Gasteiger partial charge in [0.05, 0.1) is 5.75 Å². The Kier molecular flexibility index (Phi) is 10.4. The van der Waals surface area contributed by atoms with E-state index in [0.717, 1.165) is 17.4 Å². The molecule has 0 saturated heterocycles. The number of hydrogen-bond acceptors (Lipinski definition) is 6. The summed E-state index contributed by atoms with van der Waals surface area (Å²) >= 11 is 0. The quantitative estimate of drug-likeness (QED) is 0.427. The predicted octanol–water partition coefficient (Wildman–Crippen LogP) is 1.54. The second-order valence-corrected chi connectivity index (χ2v) is 9.74. The zero-order valence-corrected chi connectivity index (χ0v) is 19.3. The molecule has 0 aromatic heterocycles. The van der Waals surface area contributed by atoms with Crippen LogP contribution in [0.15, 0.2) is 60.7 Å². The largest absolute Gasteiger partial charge is 0.445 e. The minimum atomic E-state index is -3.35. The molecule has 0 aliphatic heterocycles.